The summed E-state index contributed by atoms with van der Waals surface area (Å²) in [6.45, 7) is 2.01. The van der Waals surface area contributed by atoms with E-state index in [1.54, 1.807) is 5.01 Å². The van der Waals surface area contributed by atoms with Crippen molar-refractivity contribution < 1.29 is 13.2 Å². The van der Waals surface area contributed by atoms with Crippen LogP contribution in [0, 0.1) is 0 Å². The zero-order valence-corrected chi connectivity index (χ0v) is 11.7. The Morgan fingerprint density at radius 3 is 2.22 bits per heavy atom. The Bertz CT molecular complexity index is 510. The summed E-state index contributed by atoms with van der Waals surface area (Å²) in [5.74, 6) is 0. The molecule has 1 aliphatic rings. The van der Waals surface area contributed by atoms with Crippen LogP contribution in [0.3, 0.4) is 0 Å². The van der Waals surface area contributed by atoms with E-state index in [9.17, 15) is 8.42 Å². The smallest absolute Gasteiger partial charge is 0.253 e. The number of nitrogens with zero attached hydrogens (tertiary/aromatic N) is 1. The first kappa shape index (κ1) is 14.0. The molecule has 1 aromatic rings. The maximum absolute atomic E-state index is 12.1. The van der Waals surface area contributed by atoms with Gasteiger partial charge in [0.05, 0.1) is 18.1 Å². The number of halogens is 2. The summed E-state index contributed by atoms with van der Waals surface area (Å²) in [6.07, 6.45) is 0. The molecular formula is C10H12Cl2N2O3S. The van der Waals surface area contributed by atoms with Crippen molar-refractivity contribution in [1.82, 2.24) is 9.84 Å². The van der Waals surface area contributed by atoms with Crippen molar-refractivity contribution >= 4 is 33.2 Å². The number of ether oxygens (including phenoxy) is 1. The van der Waals surface area contributed by atoms with E-state index in [1.165, 1.54) is 18.2 Å². The predicted molar refractivity (Wildman–Crippen MR) is 69.2 cm³/mol. The molecule has 1 fully saturated rings. The van der Waals surface area contributed by atoms with Crippen LogP contribution in [0.25, 0.3) is 0 Å². The van der Waals surface area contributed by atoms with Crippen molar-refractivity contribution in [1.29, 1.82) is 0 Å². The van der Waals surface area contributed by atoms with Crippen LogP contribution in [0.1, 0.15) is 0 Å². The van der Waals surface area contributed by atoms with Gasteiger partial charge in [-0.1, -0.05) is 23.2 Å². The molecule has 0 aromatic heterocycles. The second kappa shape index (κ2) is 5.73. The Hall–Kier alpha value is -0.370. The SMILES string of the molecule is O=S(=O)(NN1CCOCC1)c1cc(Cl)cc(Cl)c1. The van der Waals surface area contributed by atoms with Crippen LogP contribution in [-0.4, -0.2) is 39.7 Å². The first-order valence-electron chi connectivity index (χ1n) is 5.29. The fourth-order valence-electron chi connectivity index (χ4n) is 1.56. The van der Waals surface area contributed by atoms with Gasteiger partial charge in [0, 0.05) is 23.1 Å². The third-order valence-electron chi connectivity index (χ3n) is 2.41. The molecule has 0 unspecified atom stereocenters. The summed E-state index contributed by atoms with van der Waals surface area (Å²) >= 11 is 11.6. The minimum absolute atomic E-state index is 0.0477. The number of sulfonamides is 1. The van der Waals surface area contributed by atoms with Gasteiger partial charge in [0.1, 0.15) is 0 Å². The van der Waals surface area contributed by atoms with E-state index >= 15 is 0 Å². The Balaban J connectivity index is 2.19. The lowest BCUT2D eigenvalue weighted by atomic mass is 10.4. The standard InChI is InChI=1S/C10H12Cl2N2O3S/c11-8-5-9(12)7-10(6-8)18(15,16)13-14-1-3-17-4-2-14/h5-7,13H,1-4H2. The van der Waals surface area contributed by atoms with Gasteiger partial charge in [-0.3, -0.25) is 0 Å². The summed E-state index contributed by atoms with van der Waals surface area (Å²) in [6, 6.07) is 4.20. The molecule has 1 aliphatic heterocycles. The van der Waals surface area contributed by atoms with Gasteiger partial charge < -0.3 is 4.74 Å². The lowest BCUT2D eigenvalue weighted by molar-refractivity contribution is 0.0272. The van der Waals surface area contributed by atoms with Crippen LogP contribution in [-0.2, 0) is 14.8 Å². The quantitative estimate of drug-likeness (QED) is 0.919. The van der Waals surface area contributed by atoms with Gasteiger partial charge in [-0.25, -0.2) is 13.4 Å². The highest BCUT2D eigenvalue weighted by molar-refractivity contribution is 7.89. The molecule has 0 radical (unpaired) electrons. The number of rotatable bonds is 3. The second-order valence-corrected chi connectivity index (χ2v) is 6.33. The molecule has 0 bridgehead atoms. The van der Waals surface area contributed by atoms with E-state index in [1.807, 2.05) is 0 Å². The molecule has 0 spiro atoms. The summed E-state index contributed by atoms with van der Waals surface area (Å²) in [5.41, 5.74) is 0. The van der Waals surface area contributed by atoms with Crippen molar-refractivity contribution in [2.24, 2.45) is 0 Å². The lowest BCUT2D eigenvalue weighted by Gasteiger charge is -2.26. The number of hydrogen-bond donors (Lipinski definition) is 1. The molecule has 18 heavy (non-hydrogen) atoms. The first-order chi connectivity index (χ1) is 8.47. The third-order valence-corrected chi connectivity index (χ3v) is 4.20. The van der Waals surface area contributed by atoms with Gasteiger partial charge in [0.15, 0.2) is 0 Å². The highest BCUT2D eigenvalue weighted by Gasteiger charge is 2.20. The number of hydrazine groups is 1. The van der Waals surface area contributed by atoms with E-state index in [2.05, 4.69) is 4.83 Å². The summed E-state index contributed by atoms with van der Waals surface area (Å²) in [7, 11) is -3.65. The normalized spacial score (nSPS) is 17.9. The molecule has 2 rings (SSSR count). The van der Waals surface area contributed by atoms with Crippen LogP contribution >= 0.6 is 23.2 Å². The Morgan fingerprint density at radius 2 is 1.67 bits per heavy atom. The zero-order chi connectivity index (χ0) is 13.2. The van der Waals surface area contributed by atoms with E-state index in [0.29, 0.717) is 26.3 Å². The van der Waals surface area contributed by atoms with Gasteiger partial charge in [-0.2, -0.15) is 0 Å². The lowest BCUT2D eigenvalue weighted by Crippen LogP contribution is -2.48. The van der Waals surface area contributed by atoms with Crippen LogP contribution in [0.5, 0.6) is 0 Å². The predicted octanol–water partition coefficient (Wildman–Crippen LogP) is 1.52. The number of morpholine rings is 1. The molecule has 1 saturated heterocycles. The van der Waals surface area contributed by atoms with Gasteiger partial charge >= 0.3 is 0 Å². The Morgan fingerprint density at radius 1 is 1.11 bits per heavy atom. The molecule has 5 nitrogen and oxygen atoms in total. The molecule has 1 aromatic carbocycles. The van der Waals surface area contributed by atoms with E-state index in [4.69, 9.17) is 27.9 Å². The van der Waals surface area contributed by atoms with Crippen molar-refractivity contribution in [2.75, 3.05) is 26.3 Å². The van der Waals surface area contributed by atoms with Crippen molar-refractivity contribution in [3.05, 3.63) is 28.2 Å². The van der Waals surface area contributed by atoms with Crippen molar-refractivity contribution in [2.45, 2.75) is 4.90 Å². The molecule has 1 N–H and O–H groups in total. The Kier molecular flexibility index (Phi) is 4.47. The van der Waals surface area contributed by atoms with Gasteiger partial charge in [-0.05, 0) is 18.2 Å². The maximum atomic E-state index is 12.1. The van der Waals surface area contributed by atoms with E-state index in [-0.39, 0.29) is 14.9 Å². The molecule has 0 atom stereocenters. The fraction of sp³-hybridized carbons (Fsp3) is 0.400. The van der Waals surface area contributed by atoms with Crippen LogP contribution < -0.4 is 4.83 Å². The second-order valence-electron chi connectivity index (χ2n) is 3.80. The van der Waals surface area contributed by atoms with Crippen LogP contribution in [0.15, 0.2) is 23.1 Å². The summed E-state index contributed by atoms with van der Waals surface area (Å²) in [4.78, 5) is 2.52. The van der Waals surface area contributed by atoms with E-state index in [0.717, 1.165) is 0 Å². The van der Waals surface area contributed by atoms with Crippen molar-refractivity contribution in [3.63, 3.8) is 0 Å². The average molecular weight is 311 g/mol. The average Bonchev–Trinajstić information content (AvgIpc) is 2.28. The molecule has 100 valence electrons. The number of nitrogens with one attached hydrogen (secondary N) is 1. The maximum Gasteiger partial charge on any atom is 0.253 e. The van der Waals surface area contributed by atoms with Crippen molar-refractivity contribution in [3.8, 4) is 0 Å². The number of hydrogen-bond acceptors (Lipinski definition) is 4. The van der Waals surface area contributed by atoms with Gasteiger partial charge in [0.25, 0.3) is 10.0 Å². The Labute approximate surface area is 116 Å². The van der Waals surface area contributed by atoms with Gasteiger partial charge in [-0.15, -0.1) is 4.83 Å². The number of benzene rings is 1. The molecule has 8 heteroatoms. The molecule has 0 aliphatic carbocycles. The minimum Gasteiger partial charge on any atom is -0.379 e. The first-order valence-corrected chi connectivity index (χ1v) is 7.52. The molecule has 0 saturated carbocycles. The largest absolute Gasteiger partial charge is 0.379 e. The van der Waals surface area contributed by atoms with Crippen LogP contribution in [0.4, 0.5) is 0 Å². The van der Waals surface area contributed by atoms with Gasteiger partial charge in [0.2, 0.25) is 0 Å². The van der Waals surface area contributed by atoms with Crippen LogP contribution in [0.2, 0.25) is 10.0 Å². The molecule has 1 heterocycles. The highest BCUT2D eigenvalue weighted by Crippen LogP contribution is 2.22. The minimum atomic E-state index is -3.65. The zero-order valence-electron chi connectivity index (χ0n) is 9.40. The topological polar surface area (TPSA) is 58.6 Å². The fourth-order valence-corrected chi connectivity index (χ4v) is 3.41. The highest BCUT2D eigenvalue weighted by atomic mass is 35.5. The summed E-state index contributed by atoms with van der Waals surface area (Å²) in [5, 5.41) is 2.16. The monoisotopic (exact) mass is 310 g/mol. The molecular weight excluding hydrogens is 299 g/mol. The summed E-state index contributed by atoms with van der Waals surface area (Å²) < 4.78 is 29.3. The third kappa shape index (κ3) is 3.57. The van der Waals surface area contributed by atoms with E-state index < -0.39 is 10.0 Å². The molecule has 0 amide bonds.